The van der Waals surface area contributed by atoms with Gasteiger partial charge in [0.1, 0.15) is 12.4 Å². The van der Waals surface area contributed by atoms with Crippen molar-refractivity contribution in [3.63, 3.8) is 0 Å². The number of ether oxygens (including phenoxy) is 1. The first-order chi connectivity index (χ1) is 13.5. The second-order valence-corrected chi connectivity index (χ2v) is 6.63. The second kappa shape index (κ2) is 9.26. The number of benzene rings is 3. The highest BCUT2D eigenvalue weighted by atomic mass is 35.5. The topological polar surface area (TPSA) is 70.9 Å². The minimum atomic E-state index is -1.09. The van der Waals surface area contributed by atoms with Crippen molar-refractivity contribution < 1.29 is 14.6 Å². The maximum Gasteiger partial charge on any atom is 0.337 e. The van der Waals surface area contributed by atoms with E-state index in [4.69, 9.17) is 33.0 Å². The van der Waals surface area contributed by atoms with Crippen molar-refractivity contribution >= 4 is 41.1 Å². The lowest BCUT2D eigenvalue weighted by molar-refractivity contribution is 0.0697. The molecule has 0 atom stereocenters. The molecule has 142 valence electrons. The fourth-order valence-electron chi connectivity index (χ4n) is 2.37. The van der Waals surface area contributed by atoms with Crippen molar-refractivity contribution in [1.29, 1.82) is 0 Å². The maximum atomic E-state index is 11.1. The zero-order valence-corrected chi connectivity index (χ0v) is 16.1. The summed E-state index contributed by atoms with van der Waals surface area (Å²) in [6.45, 7) is 0.386. The molecule has 0 aliphatic heterocycles. The van der Waals surface area contributed by atoms with E-state index >= 15 is 0 Å². The Hall–Kier alpha value is -3.02. The fourth-order valence-corrected chi connectivity index (χ4v) is 2.76. The highest BCUT2D eigenvalue weighted by molar-refractivity contribution is 6.33. The van der Waals surface area contributed by atoms with Gasteiger partial charge in [-0.15, -0.1) is 0 Å². The fraction of sp³-hybridized carbons (Fsp3) is 0.0476. The third-order valence-electron chi connectivity index (χ3n) is 3.84. The van der Waals surface area contributed by atoms with Gasteiger partial charge in [0.15, 0.2) is 0 Å². The van der Waals surface area contributed by atoms with Crippen LogP contribution in [0.1, 0.15) is 21.5 Å². The Bertz CT molecular complexity index is 1000. The van der Waals surface area contributed by atoms with Crippen LogP contribution in [0.2, 0.25) is 10.0 Å². The Morgan fingerprint density at radius 3 is 2.50 bits per heavy atom. The SMILES string of the molecule is O=C(O)c1cc(N/N=C\c2ccc(OCc3ccccc3Cl)cc2)ccc1Cl. The lowest BCUT2D eigenvalue weighted by atomic mass is 10.2. The van der Waals surface area contributed by atoms with Gasteiger partial charge in [-0.2, -0.15) is 5.10 Å². The molecule has 0 fully saturated rings. The number of nitrogens with one attached hydrogen (secondary N) is 1. The highest BCUT2D eigenvalue weighted by Crippen LogP contribution is 2.21. The van der Waals surface area contributed by atoms with Crippen LogP contribution >= 0.6 is 23.2 Å². The minimum Gasteiger partial charge on any atom is -0.489 e. The monoisotopic (exact) mass is 414 g/mol. The first kappa shape index (κ1) is 19.7. The number of hydrogen-bond acceptors (Lipinski definition) is 4. The van der Waals surface area contributed by atoms with Crippen LogP contribution in [0.25, 0.3) is 0 Å². The molecule has 3 rings (SSSR count). The molecule has 0 spiro atoms. The molecule has 0 aliphatic carbocycles. The normalized spacial score (nSPS) is 10.8. The van der Waals surface area contributed by atoms with Crippen LogP contribution in [0.5, 0.6) is 5.75 Å². The van der Waals surface area contributed by atoms with E-state index in [0.29, 0.717) is 23.1 Å². The van der Waals surface area contributed by atoms with Crippen molar-refractivity contribution in [1.82, 2.24) is 0 Å². The molecule has 0 saturated heterocycles. The van der Waals surface area contributed by atoms with E-state index in [9.17, 15) is 4.79 Å². The lowest BCUT2D eigenvalue weighted by Crippen LogP contribution is -1.99. The number of anilines is 1. The van der Waals surface area contributed by atoms with E-state index in [-0.39, 0.29) is 10.6 Å². The number of halogens is 2. The van der Waals surface area contributed by atoms with Gasteiger partial charge >= 0.3 is 5.97 Å². The first-order valence-corrected chi connectivity index (χ1v) is 9.07. The highest BCUT2D eigenvalue weighted by Gasteiger charge is 2.08. The number of carboxylic acids is 1. The van der Waals surface area contributed by atoms with Crippen molar-refractivity contribution in [3.8, 4) is 5.75 Å². The molecule has 7 heteroatoms. The quantitative estimate of drug-likeness (QED) is 0.383. The largest absolute Gasteiger partial charge is 0.489 e. The molecule has 0 amide bonds. The van der Waals surface area contributed by atoms with Gasteiger partial charge in [-0.3, -0.25) is 5.43 Å². The van der Waals surface area contributed by atoms with E-state index in [2.05, 4.69) is 10.5 Å². The maximum absolute atomic E-state index is 11.1. The van der Waals surface area contributed by atoms with E-state index < -0.39 is 5.97 Å². The van der Waals surface area contributed by atoms with Crippen molar-refractivity contribution in [3.05, 3.63) is 93.5 Å². The molecule has 0 heterocycles. The third-order valence-corrected chi connectivity index (χ3v) is 4.53. The second-order valence-electron chi connectivity index (χ2n) is 5.82. The van der Waals surface area contributed by atoms with Gasteiger partial charge in [-0.05, 0) is 54.1 Å². The summed E-state index contributed by atoms with van der Waals surface area (Å²) in [6, 6.07) is 19.5. The molecule has 0 bridgehead atoms. The third kappa shape index (κ3) is 5.25. The van der Waals surface area contributed by atoms with Crippen molar-refractivity contribution in [2.24, 2.45) is 5.10 Å². The molecule has 0 aromatic heterocycles. The Balaban J connectivity index is 1.57. The Morgan fingerprint density at radius 1 is 1.04 bits per heavy atom. The van der Waals surface area contributed by atoms with Crippen LogP contribution in [0.3, 0.4) is 0 Å². The zero-order chi connectivity index (χ0) is 19.9. The number of carbonyl (C=O) groups is 1. The molecule has 0 unspecified atom stereocenters. The van der Waals surface area contributed by atoms with Crippen LogP contribution in [0, 0.1) is 0 Å². The van der Waals surface area contributed by atoms with Crippen LogP contribution in [-0.2, 0) is 6.61 Å². The Kier molecular flexibility index (Phi) is 6.53. The van der Waals surface area contributed by atoms with Gasteiger partial charge < -0.3 is 9.84 Å². The molecule has 3 aromatic carbocycles. The van der Waals surface area contributed by atoms with Crippen LogP contribution in [0.15, 0.2) is 71.8 Å². The van der Waals surface area contributed by atoms with Crippen LogP contribution in [-0.4, -0.2) is 17.3 Å². The van der Waals surface area contributed by atoms with E-state index in [1.54, 1.807) is 12.3 Å². The number of hydrogen-bond donors (Lipinski definition) is 2. The number of carboxylic acid groups (broad SMARTS) is 1. The van der Waals surface area contributed by atoms with E-state index in [1.807, 2.05) is 48.5 Å². The molecule has 28 heavy (non-hydrogen) atoms. The Labute approximate surface area is 172 Å². The zero-order valence-electron chi connectivity index (χ0n) is 14.6. The molecule has 3 aromatic rings. The average Bonchev–Trinajstić information content (AvgIpc) is 2.69. The Morgan fingerprint density at radius 2 is 1.79 bits per heavy atom. The van der Waals surface area contributed by atoms with E-state index in [1.165, 1.54) is 12.1 Å². The standard InChI is InChI=1S/C21H16Cl2N2O3/c22-19-4-2-1-3-15(19)13-28-17-8-5-14(6-9-17)12-24-25-16-7-10-20(23)18(11-16)21(26)27/h1-12,25H,13H2,(H,26,27)/b24-12-. The van der Waals surface area contributed by atoms with Gasteiger partial charge in [0.2, 0.25) is 0 Å². The summed E-state index contributed by atoms with van der Waals surface area (Å²) in [4.78, 5) is 11.1. The van der Waals surface area contributed by atoms with Gasteiger partial charge in [0.25, 0.3) is 0 Å². The van der Waals surface area contributed by atoms with Gasteiger partial charge in [0.05, 0.1) is 22.5 Å². The summed E-state index contributed by atoms with van der Waals surface area (Å²) in [5.74, 6) is -0.376. The molecule has 0 radical (unpaired) electrons. The van der Waals surface area contributed by atoms with Crippen LogP contribution < -0.4 is 10.2 Å². The predicted octanol–water partition coefficient (Wildman–Crippen LogP) is 5.72. The molecule has 0 saturated carbocycles. The van der Waals surface area contributed by atoms with Gasteiger partial charge in [-0.1, -0.05) is 41.4 Å². The van der Waals surface area contributed by atoms with Gasteiger partial charge in [-0.25, -0.2) is 4.79 Å². The average molecular weight is 415 g/mol. The lowest BCUT2D eigenvalue weighted by Gasteiger charge is -2.08. The summed E-state index contributed by atoms with van der Waals surface area (Å²) in [6.07, 6.45) is 1.62. The van der Waals surface area contributed by atoms with E-state index in [0.717, 1.165) is 11.1 Å². The molecule has 0 aliphatic rings. The van der Waals surface area contributed by atoms with Gasteiger partial charge in [0, 0.05) is 10.6 Å². The molecular weight excluding hydrogens is 399 g/mol. The number of aromatic carboxylic acids is 1. The summed E-state index contributed by atoms with van der Waals surface area (Å²) in [5.41, 5.74) is 5.10. The number of nitrogens with zero attached hydrogens (tertiary/aromatic N) is 1. The van der Waals surface area contributed by atoms with Crippen LogP contribution in [0.4, 0.5) is 5.69 Å². The summed E-state index contributed by atoms with van der Waals surface area (Å²) in [5, 5.41) is 14.0. The predicted molar refractivity (Wildman–Crippen MR) is 112 cm³/mol. The summed E-state index contributed by atoms with van der Waals surface area (Å²) < 4.78 is 5.74. The van der Waals surface area contributed by atoms with Crippen molar-refractivity contribution in [2.45, 2.75) is 6.61 Å². The number of hydrazone groups is 1. The summed E-state index contributed by atoms with van der Waals surface area (Å²) >= 11 is 12.0. The first-order valence-electron chi connectivity index (χ1n) is 8.31. The number of rotatable bonds is 7. The van der Waals surface area contributed by atoms with Crippen molar-refractivity contribution in [2.75, 3.05) is 5.43 Å². The molecule has 2 N–H and O–H groups in total. The minimum absolute atomic E-state index is 0.0156. The molecular formula is C21H16Cl2N2O3. The summed E-state index contributed by atoms with van der Waals surface area (Å²) in [7, 11) is 0. The molecule has 5 nitrogen and oxygen atoms in total. The smallest absolute Gasteiger partial charge is 0.337 e.